The fourth-order valence-corrected chi connectivity index (χ4v) is 3.36. The molecule has 8 nitrogen and oxygen atoms in total. The summed E-state index contributed by atoms with van der Waals surface area (Å²) in [6.07, 6.45) is 1.81. The zero-order valence-electron chi connectivity index (χ0n) is 10.9. The third-order valence-electron chi connectivity index (χ3n) is 3.13. The summed E-state index contributed by atoms with van der Waals surface area (Å²) in [6, 6.07) is 0. The molecule has 0 aromatic carbocycles. The Labute approximate surface area is 112 Å². The molecule has 0 amide bonds. The van der Waals surface area contributed by atoms with Crippen LogP contribution in [0, 0.1) is 12.8 Å². The molecule has 1 atom stereocenters. The summed E-state index contributed by atoms with van der Waals surface area (Å²) < 4.78 is 33.0. The van der Waals surface area contributed by atoms with Crippen LogP contribution in [-0.2, 0) is 16.8 Å². The second kappa shape index (κ2) is 5.95. The first-order valence-electron chi connectivity index (χ1n) is 6.25. The minimum absolute atomic E-state index is 0.00691. The van der Waals surface area contributed by atoms with E-state index in [1.54, 1.807) is 6.92 Å². The molecular weight excluding hydrogens is 270 g/mol. The van der Waals surface area contributed by atoms with Gasteiger partial charge in [-0.2, -0.15) is 22.4 Å². The minimum Gasteiger partial charge on any atom is -0.338 e. The number of nitrogens with zero attached hydrogens (tertiary/aromatic N) is 3. The van der Waals surface area contributed by atoms with Gasteiger partial charge in [0.1, 0.15) is 0 Å². The van der Waals surface area contributed by atoms with Crippen LogP contribution in [0.4, 0.5) is 0 Å². The second-order valence-electron chi connectivity index (χ2n) is 4.66. The van der Waals surface area contributed by atoms with Gasteiger partial charge < -0.3 is 10.3 Å². The van der Waals surface area contributed by atoms with Gasteiger partial charge in [0.15, 0.2) is 5.82 Å². The predicted molar refractivity (Wildman–Crippen MR) is 68.1 cm³/mol. The molecule has 0 radical (unpaired) electrons. The standard InChI is InChI=1S/C10H19N5O3S/c1-8-13-10(18-14-8)6-12-19(16,17)15-4-2-3-9(5-11)7-15/h9,12H,2-7,11H2,1H3. The van der Waals surface area contributed by atoms with Gasteiger partial charge in [0.25, 0.3) is 10.2 Å². The molecule has 2 heterocycles. The number of aryl methyl sites for hydroxylation is 1. The Hall–Kier alpha value is -1.03. The SMILES string of the molecule is Cc1noc(CNS(=O)(=O)N2CCCC(CN)C2)n1. The summed E-state index contributed by atoms with van der Waals surface area (Å²) in [4.78, 5) is 3.95. The van der Waals surface area contributed by atoms with Crippen molar-refractivity contribution in [2.75, 3.05) is 19.6 Å². The van der Waals surface area contributed by atoms with Crippen LogP contribution < -0.4 is 10.5 Å². The van der Waals surface area contributed by atoms with E-state index in [1.807, 2.05) is 0 Å². The van der Waals surface area contributed by atoms with Crippen molar-refractivity contribution in [3.63, 3.8) is 0 Å². The Balaban J connectivity index is 1.94. The maximum Gasteiger partial charge on any atom is 0.279 e. The van der Waals surface area contributed by atoms with E-state index in [4.69, 9.17) is 10.3 Å². The molecule has 1 aromatic rings. The highest BCUT2D eigenvalue weighted by Gasteiger charge is 2.28. The Morgan fingerprint density at radius 2 is 2.37 bits per heavy atom. The topological polar surface area (TPSA) is 114 Å². The molecule has 0 spiro atoms. The zero-order valence-corrected chi connectivity index (χ0v) is 11.7. The van der Waals surface area contributed by atoms with Gasteiger partial charge in [-0.3, -0.25) is 0 Å². The molecule has 0 aliphatic carbocycles. The van der Waals surface area contributed by atoms with E-state index in [1.165, 1.54) is 4.31 Å². The lowest BCUT2D eigenvalue weighted by molar-refractivity contribution is 0.267. The van der Waals surface area contributed by atoms with Gasteiger partial charge >= 0.3 is 0 Å². The van der Waals surface area contributed by atoms with Gasteiger partial charge in [-0.15, -0.1) is 0 Å². The number of hydrogen-bond donors (Lipinski definition) is 2. The molecule has 0 saturated carbocycles. The second-order valence-corrected chi connectivity index (χ2v) is 6.42. The van der Waals surface area contributed by atoms with Crippen molar-refractivity contribution >= 4 is 10.2 Å². The van der Waals surface area contributed by atoms with Crippen molar-refractivity contribution in [2.45, 2.75) is 26.3 Å². The number of nitrogens with two attached hydrogens (primary N) is 1. The number of aromatic nitrogens is 2. The lowest BCUT2D eigenvalue weighted by Crippen LogP contribution is -2.47. The third-order valence-corrected chi connectivity index (χ3v) is 4.65. The molecule has 0 bridgehead atoms. The summed E-state index contributed by atoms with van der Waals surface area (Å²) in [5.74, 6) is 0.972. The van der Waals surface area contributed by atoms with Crippen molar-refractivity contribution in [3.05, 3.63) is 11.7 Å². The average Bonchev–Trinajstić information content (AvgIpc) is 2.82. The summed E-state index contributed by atoms with van der Waals surface area (Å²) in [7, 11) is -3.52. The first kappa shape index (κ1) is 14.4. The van der Waals surface area contributed by atoms with Crippen molar-refractivity contribution in [2.24, 2.45) is 11.7 Å². The normalized spacial score (nSPS) is 21.7. The van der Waals surface area contributed by atoms with E-state index in [0.29, 0.717) is 25.5 Å². The Kier molecular flexibility index (Phi) is 4.50. The summed E-state index contributed by atoms with van der Waals surface area (Å²) in [5.41, 5.74) is 5.60. The molecule has 1 aromatic heterocycles. The van der Waals surface area contributed by atoms with Gasteiger partial charge in [-0.25, -0.2) is 0 Å². The van der Waals surface area contributed by atoms with Gasteiger partial charge in [0.05, 0.1) is 6.54 Å². The van der Waals surface area contributed by atoms with E-state index in [9.17, 15) is 8.42 Å². The number of hydrogen-bond acceptors (Lipinski definition) is 6. The van der Waals surface area contributed by atoms with Crippen LogP contribution in [0.2, 0.25) is 0 Å². The largest absolute Gasteiger partial charge is 0.338 e. The lowest BCUT2D eigenvalue weighted by atomic mass is 10.0. The molecular formula is C10H19N5O3S. The van der Waals surface area contributed by atoms with E-state index < -0.39 is 10.2 Å². The van der Waals surface area contributed by atoms with Gasteiger partial charge in [0.2, 0.25) is 5.89 Å². The van der Waals surface area contributed by atoms with E-state index in [2.05, 4.69) is 14.9 Å². The summed E-state index contributed by atoms with van der Waals surface area (Å²) in [5, 5.41) is 3.60. The first-order chi connectivity index (χ1) is 9.01. The predicted octanol–water partition coefficient (Wildman–Crippen LogP) is -0.617. The molecule has 9 heteroatoms. The van der Waals surface area contributed by atoms with E-state index in [0.717, 1.165) is 12.8 Å². The molecule has 108 valence electrons. The molecule has 2 rings (SSSR count). The fourth-order valence-electron chi connectivity index (χ4n) is 2.09. The maximum absolute atomic E-state index is 12.1. The number of nitrogens with one attached hydrogen (secondary N) is 1. The van der Waals surface area contributed by atoms with Crippen molar-refractivity contribution in [1.29, 1.82) is 0 Å². The van der Waals surface area contributed by atoms with E-state index in [-0.39, 0.29) is 18.4 Å². The molecule has 1 saturated heterocycles. The molecule has 1 aliphatic heterocycles. The molecule has 1 aliphatic rings. The molecule has 1 fully saturated rings. The fraction of sp³-hybridized carbons (Fsp3) is 0.800. The molecule has 1 unspecified atom stereocenters. The summed E-state index contributed by atoms with van der Waals surface area (Å²) >= 11 is 0. The van der Waals surface area contributed by atoms with Crippen LogP contribution in [0.15, 0.2) is 4.52 Å². The highest BCUT2D eigenvalue weighted by atomic mass is 32.2. The average molecular weight is 289 g/mol. The van der Waals surface area contributed by atoms with Gasteiger partial charge in [0, 0.05) is 13.1 Å². The van der Waals surface area contributed by atoms with Crippen LogP contribution in [0.5, 0.6) is 0 Å². The van der Waals surface area contributed by atoms with Gasteiger partial charge in [-0.05, 0) is 32.2 Å². The number of rotatable bonds is 5. The monoisotopic (exact) mass is 289 g/mol. The van der Waals surface area contributed by atoms with Gasteiger partial charge in [-0.1, -0.05) is 5.16 Å². The van der Waals surface area contributed by atoms with Crippen molar-refractivity contribution in [1.82, 2.24) is 19.2 Å². The Morgan fingerprint density at radius 1 is 1.58 bits per heavy atom. The smallest absolute Gasteiger partial charge is 0.279 e. The lowest BCUT2D eigenvalue weighted by Gasteiger charge is -2.30. The molecule has 19 heavy (non-hydrogen) atoms. The van der Waals surface area contributed by atoms with E-state index >= 15 is 0 Å². The number of piperidine rings is 1. The zero-order chi connectivity index (χ0) is 13.9. The third kappa shape index (κ3) is 3.72. The van der Waals surface area contributed by atoms with Crippen LogP contribution >= 0.6 is 0 Å². The Bertz CT molecular complexity index is 515. The van der Waals surface area contributed by atoms with Crippen LogP contribution in [-0.4, -0.2) is 42.5 Å². The molecule has 3 N–H and O–H groups in total. The van der Waals surface area contributed by atoms with Crippen molar-refractivity contribution < 1.29 is 12.9 Å². The van der Waals surface area contributed by atoms with Crippen LogP contribution in [0.1, 0.15) is 24.6 Å². The van der Waals surface area contributed by atoms with Crippen molar-refractivity contribution in [3.8, 4) is 0 Å². The highest BCUT2D eigenvalue weighted by Crippen LogP contribution is 2.17. The highest BCUT2D eigenvalue weighted by molar-refractivity contribution is 7.87. The Morgan fingerprint density at radius 3 is 3.00 bits per heavy atom. The summed E-state index contributed by atoms with van der Waals surface area (Å²) in [6.45, 7) is 3.18. The maximum atomic E-state index is 12.1. The minimum atomic E-state index is -3.52. The first-order valence-corrected chi connectivity index (χ1v) is 7.69. The van der Waals surface area contributed by atoms with Crippen LogP contribution in [0.3, 0.4) is 0 Å². The quantitative estimate of drug-likeness (QED) is 0.747. The van der Waals surface area contributed by atoms with Crippen LogP contribution in [0.25, 0.3) is 0 Å².